The van der Waals surface area contributed by atoms with Gasteiger partial charge in [0.1, 0.15) is 0 Å². The maximum atomic E-state index is 9.99. The van der Waals surface area contributed by atoms with Gasteiger partial charge in [0.25, 0.3) is 0 Å². The molecule has 110 valence electrons. The Kier molecular flexibility index (Phi) is 7.07. The van der Waals surface area contributed by atoms with Gasteiger partial charge in [0.05, 0.1) is 12.2 Å². The zero-order chi connectivity index (χ0) is 14.6. The SMILES string of the molecule is CC[C@@H](O)C[C@H](O)[C@@H](C)CO[Si](C)(C)C(C)(C)C. The van der Waals surface area contributed by atoms with Crippen LogP contribution < -0.4 is 0 Å². The molecule has 0 saturated heterocycles. The van der Waals surface area contributed by atoms with Gasteiger partial charge in [0, 0.05) is 12.5 Å². The van der Waals surface area contributed by atoms with Crippen LogP contribution in [0.2, 0.25) is 18.1 Å². The second-order valence-corrected chi connectivity index (χ2v) is 11.7. The molecule has 3 nitrogen and oxygen atoms in total. The predicted octanol–water partition coefficient (Wildman–Crippen LogP) is 3.17. The van der Waals surface area contributed by atoms with Crippen LogP contribution in [0.3, 0.4) is 0 Å². The van der Waals surface area contributed by atoms with Gasteiger partial charge in [-0.2, -0.15) is 0 Å². The summed E-state index contributed by atoms with van der Waals surface area (Å²) < 4.78 is 6.09. The van der Waals surface area contributed by atoms with Gasteiger partial charge in [0.2, 0.25) is 0 Å². The highest BCUT2D eigenvalue weighted by molar-refractivity contribution is 6.74. The highest BCUT2D eigenvalue weighted by atomic mass is 28.4. The fourth-order valence-electron chi connectivity index (χ4n) is 1.35. The van der Waals surface area contributed by atoms with Gasteiger partial charge in [-0.15, -0.1) is 0 Å². The third kappa shape index (κ3) is 5.82. The Hall–Kier alpha value is 0.0969. The van der Waals surface area contributed by atoms with Crippen LogP contribution in [0.4, 0.5) is 0 Å². The van der Waals surface area contributed by atoms with Crippen LogP contribution in [0.5, 0.6) is 0 Å². The number of hydrogen-bond donors (Lipinski definition) is 2. The Balaban J connectivity index is 4.21. The van der Waals surface area contributed by atoms with Crippen molar-refractivity contribution in [1.29, 1.82) is 0 Å². The zero-order valence-electron chi connectivity index (χ0n) is 13.2. The monoisotopic (exact) mass is 276 g/mol. The van der Waals surface area contributed by atoms with Crippen LogP contribution in [-0.2, 0) is 4.43 Å². The van der Waals surface area contributed by atoms with Crippen LogP contribution in [-0.4, -0.2) is 37.3 Å². The molecule has 0 fully saturated rings. The fraction of sp³-hybridized carbons (Fsp3) is 1.00. The Morgan fingerprint density at radius 1 is 1.17 bits per heavy atom. The van der Waals surface area contributed by atoms with E-state index < -0.39 is 20.5 Å². The molecule has 0 radical (unpaired) electrons. The maximum absolute atomic E-state index is 9.99. The molecule has 0 aromatic heterocycles. The summed E-state index contributed by atoms with van der Waals surface area (Å²) in [6, 6.07) is 0. The second kappa shape index (κ2) is 7.03. The second-order valence-electron chi connectivity index (χ2n) is 6.91. The van der Waals surface area contributed by atoms with E-state index in [0.29, 0.717) is 19.4 Å². The Bertz CT molecular complexity index is 236. The van der Waals surface area contributed by atoms with Crippen molar-refractivity contribution in [3.63, 3.8) is 0 Å². The average Bonchev–Trinajstić information content (AvgIpc) is 2.23. The smallest absolute Gasteiger partial charge is 0.191 e. The molecule has 0 heterocycles. The minimum Gasteiger partial charge on any atom is -0.416 e. The van der Waals surface area contributed by atoms with Gasteiger partial charge < -0.3 is 14.6 Å². The van der Waals surface area contributed by atoms with Gasteiger partial charge in [-0.05, 0) is 31.0 Å². The van der Waals surface area contributed by atoms with Gasteiger partial charge in [-0.25, -0.2) is 0 Å². The van der Waals surface area contributed by atoms with Crippen molar-refractivity contribution in [2.45, 2.75) is 77.8 Å². The van der Waals surface area contributed by atoms with E-state index in [9.17, 15) is 10.2 Å². The summed E-state index contributed by atoms with van der Waals surface area (Å²) in [7, 11) is -1.74. The van der Waals surface area contributed by atoms with Crippen LogP contribution in [0.25, 0.3) is 0 Å². The molecule has 3 atom stereocenters. The lowest BCUT2D eigenvalue weighted by atomic mass is 9.99. The van der Waals surface area contributed by atoms with Gasteiger partial charge in [-0.1, -0.05) is 34.6 Å². The topological polar surface area (TPSA) is 49.7 Å². The lowest BCUT2D eigenvalue weighted by molar-refractivity contribution is 0.0300. The largest absolute Gasteiger partial charge is 0.416 e. The summed E-state index contributed by atoms with van der Waals surface area (Å²) >= 11 is 0. The number of aliphatic hydroxyl groups is 2. The normalized spacial score (nSPS) is 18.5. The third-order valence-corrected chi connectivity index (χ3v) is 8.66. The minimum absolute atomic E-state index is 0.0697. The van der Waals surface area contributed by atoms with Crippen molar-refractivity contribution >= 4 is 8.32 Å². The van der Waals surface area contributed by atoms with Crippen LogP contribution >= 0.6 is 0 Å². The number of rotatable bonds is 7. The van der Waals surface area contributed by atoms with Crippen LogP contribution in [0, 0.1) is 5.92 Å². The molecule has 18 heavy (non-hydrogen) atoms. The molecule has 0 unspecified atom stereocenters. The average molecular weight is 276 g/mol. The highest BCUT2D eigenvalue weighted by Gasteiger charge is 2.37. The summed E-state index contributed by atoms with van der Waals surface area (Å²) in [5.41, 5.74) is 0. The van der Waals surface area contributed by atoms with Crippen molar-refractivity contribution in [1.82, 2.24) is 0 Å². The molecule has 0 aliphatic heterocycles. The molecule has 0 aromatic carbocycles. The molecule has 0 saturated carbocycles. The zero-order valence-corrected chi connectivity index (χ0v) is 14.2. The number of aliphatic hydroxyl groups excluding tert-OH is 2. The summed E-state index contributed by atoms with van der Waals surface area (Å²) in [5, 5.41) is 19.7. The van der Waals surface area contributed by atoms with E-state index in [0.717, 1.165) is 0 Å². The van der Waals surface area contributed by atoms with E-state index >= 15 is 0 Å². The molecule has 0 amide bonds. The molecule has 0 aliphatic carbocycles. The fourth-order valence-corrected chi connectivity index (χ4v) is 2.46. The van der Waals surface area contributed by atoms with Crippen LogP contribution in [0.1, 0.15) is 47.5 Å². The first-order valence-electron chi connectivity index (χ1n) is 7.01. The first-order valence-corrected chi connectivity index (χ1v) is 9.92. The molecular formula is C14H32O3Si. The van der Waals surface area contributed by atoms with Crippen molar-refractivity contribution in [3.8, 4) is 0 Å². The lowest BCUT2D eigenvalue weighted by Gasteiger charge is -2.37. The van der Waals surface area contributed by atoms with E-state index in [1.165, 1.54) is 0 Å². The Labute approximate surface area is 114 Å². The molecule has 0 aromatic rings. The van der Waals surface area contributed by atoms with Crippen LogP contribution in [0.15, 0.2) is 0 Å². The lowest BCUT2D eigenvalue weighted by Crippen LogP contribution is -2.43. The van der Waals surface area contributed by atoms with E-state index in [1.807, 2.05) is 13.8 Å². The van der Waals surface area contributed by atoms with Crippen molar-refractivity contribution in [3.05, 3.63) is 0 Å². The predicted molar refractivity (Wildman–Crippen MR) is 79.2 cm³/mol. The summed E-state index contributed by atoms with van der Waals surface area (Å²) in [4.78, 5) is 0. The number of hydrogen-bond acceptors (Lipinski definition) is 3. The van der Waals surface area contributed by atoms with Gasteiger partial charge in [0.15, 0.2) is 8.32 Å². The van der Waals surface area contributed by atoms with Gasteiger partial charge in [-0.3, -0.25) is 0 Å². The first-order chi connectivity index (χ1) is 8.01. The molecule has 0 spiro atoms. The Morgan fingerprint density at radius 3 is 2.06 bits per heavy atom. The highest BCUT2D eigenvalue weighted by Crippen LogP contribution is 2.36. The van der Waals surface area contributed by atoms with E-state index in [2.05, 4.69) is 33.9 Å². The minimum atomic E-state index is -1.74. The summed E-state index contributed by atoms with van der Waals surface area (Å²) in [5.74, 6) is 0.0697. The van der Waals surface area contributed by atoms with E-state index in [-0.39, 0.29) is 11.0 Å². The third-order valence-electron chi connectivity index (χ3n) is 4.15. The molecule has 4 heteroatoms. The summed E-state index contributed by atoms with van der Waals surface area (Å²) in [6.45, 7) is 15.5. The molecular weight excluding hydrogens is 244 g/mol. The quantitative estimate of drug-likeness (QED) is 0.702. The van der Waals surface area contributed by atoms with Crippen molar-refractivity contribution in [2.24, 2.45) is 5.92 Å². The molecule has 2 N–H and O–H groups in total. The maximum Gasteiger partial charge on any atom is 0.191 e. The van der Waals surface area contributed by atoms with Gasteiger partial charge >= 0.3 is 0 Å². The first kappa shape index (κ1) is 18.1. The Morgan fingerprint density at radius 2 is 1.67 bits per heavy atom. The molecule has 0 bridgehead atoms. The molecule has 0 aliphatic rings. The standard InChI is InChI=1S/C14H32O3Si/c1-8-12(15)9-13(16)11(2)10-17-18(6,7)14(3,4)5/h11-13,15-16H,8-10H2,1-7H3/t11-,12+,13-/m0/s1. The summed E-state index contributed by atoms with van der Waals surface area (Å²) in [6.07, 6.45) is 0.242. The van der Waals surface area contributed by atoms with E-state index in [4.69, 9.17) is 4.43 Å². The van der Waals surface area contributed by atoms with E-state index in [1.54, 1.807) is 0 Å². The van der Waals surface area contributed by atoms with Crippen molar-refractivity contribution in [2.75, 3.05) is 6.61 Å². The molecule has 0 rings (SSSR count). The van der Waals surface area contributed by atoms with Crippen molar-refractivity contribution < 1.29 is 14.6 Å².